The lowest BCUT2D eigenvalue weighted by molar-refractivity contribution is 0.0623. The van der Waals surface area contributed by atoms with Crippen LogP contribution < -0.4 is 0 Å². The molecular weight excluding hydrogens is 278 g/mol. The van der Waals surface area contributed by atoms with Gasteiger partial charge in [0.2, 0.25) is 0 Å². The minimum Gasteiger partial charge on any atom is -0.338 e. The molecule has 17 heavy (non-hydrogen) atoms. The van der Waals surface area contributed by atoms with E-state index in [1.165, 1.54) is 6.42 Å². The van der Waals surface area contributed by atoms with Gasteiger partial charge in [-0.2, -0.15) is 0 Å². The van der Waals surface area contributed by atoms with Crippen LogP contribution in [0.1, 0.15) is 30.6 Å². The minimum absolute atomic E-state index is 0.163. The van der Waals surface area contributed by atoms with E-state index < -0.39 is 0 Å². The minimum atomic E-state index is 0.163. The lowest BCUT2D eigenvalue weighted by atomic mass is 9.91. The molecule has 1 saturated heterocycles. The first-order valence-corrected chi connectivity index (χ1v) is 6.90. The Bertz CT molecular complexity index is 391. The molecule has 2 nitrogen and oxygen atoms in total. The van der Waals surface area contributed by atoms with Gasteiger partial charge < -0.3 is 4.90 Å². The second-order valence-corrected chi connectivity index (χ2v) is 6.08. The molecule has 2 rings (SSSR count). The summed E-state index contributed by atoms with van der Waals surface area (Å²) in [6, 6.07) is 7.61. The van der Waals surface area contributed by atoms with Crippen molar-refractivity contribution in [2.24, 2.45) is 11.8 Å². The van der Waals surface area contributed by atoms with Crippen LogP contribution in [0.3, 0.4) is 0 Å². The van der Waals surface area contributed by atoms with Crippen LogP contribution in [0.5, 0.6) is 0 Å². The third-order valence-electron chi connectivity index (χ3n) is 3.25. The fourth-order valence-corrected chi connectivity index (χ4v) is 2.87. The molecule has 0 aliphatic carbocycles. The van der Waals surface area contributed by atoms with Crippen LogP contribution in [0.15, 0.2) is 28.7 Å². The number of piperidine rings is 1. The van der Waals surface area contributed by atoms with Crippen molar-refractivity contribution in [1.82, 2.24) is 4.90 Å². The van der Waals surface area contributed by atoms with Gasteiger partial charge in [-0.15, -0.1) is 0 Å². The Morgan fingerprint density at radius 1 is 1.18 bits per heavy atom. The third-order valence-corrected chi connectivity index (χ3v) is 3.78. The van der Waals surface area contributed by atoms with Gasteiger partial charge in [-0.1, -0.05) is 29.8 Å². The van der Waals surface area contributed by atoms with E-state index in [4.69, 9.17) is 0 Å². The Morgan fingerprint density at radius 3 is 2.24 bits per heavy atom. The summed E-state index contributed by atoms with van der Waals surface area (Å²) < 4.78 is 1.01. The van der Waals surface area contributed by atoms with Crippen molar-refractivity contribution in [1.29, 1.82) is 0 Å². The van der Waals surface area contributed by atoms with Crippen LogP contribution in [-0.4, -0.2) is 23.9 Å². The highest BCUT2D eigenvalue weighted by atomic mass is 79.9. The molecule has 0 unspecified atom stereocenters. The zero-order valence-corrected chi connectivity index (χ0v) is 11.9. The lowest BCUT2D eigenvalue weighted by Crippen LogP contribution is -2.42. The summed E-state index contributed by atoms with van der Waals surface area (Å²) in [6.07, 6.45) is 1.23. The van der Waals surface area contributed by atoms with Gasteiger partial charge in [-0.25, -0.2) is 0 Å². The molecule has 1 amide bonds. The topological polar surface area (TPSA) is 20.3 Å². The summed E-state index contributed by atoms with van der Waals surface area (Å²) in [4.78, 5) is 14.3. The zero-order chi connectivity index (χ0) is 12.4. The number of hydrogen-bond acceptors (Lipinski definition) is 1. The predicted octanol–water partition coefficient (Wildman–Crippen LogP) is 3.57. The van der Waals surface area contributed by atoms with Crippen molar-refractivity contribution >= 4 is 21.8 Å². The first-order valence-electron chi connectivity index (χ1n) is 6.11. The van der Waals surface area contributed by atoms with Crippen LogP contribution in [0.2, 0.25) is 0 Å². The second-order valence-electron chi connectivity index (χ2n) is 5.16. The Kier molecular flexibility index (Phi) is 3.87. The standard InChI is InChI=1S/C14H18BrNO/c1-10-7-11(2)9-16(8-10)14(17)12-3-5-13(15)6-4-12/h3-6,10-11H,7-9H2,1-2H3/t10-,11+. The number of benzene rings is 1. The summed E-state index contributed by atoms with van der Waals surface area (Å²) in [5, 5.41) is 0. The Labute approximate surface area is 111 Å². The number of carbonyl (C=O) groups is 1. The number of likely N-dealkylation sites (tertiary alicyclic amines) is 1. The first-order chi connectivity index (χ1) is 8.06. The average molecular weight is 296 g/mol. The first kappa shape index (κ1) is 12.6. The smallest absolute Gasteiger partial charge is 0.253 e. The quantitative estimate of drug-likeness (QED) is 0.776. The van der Waals surface area contributed by atoms with Crippen molar-refractivity contribution < 1.29 is 4.79 Å². The van der Waals surface area contributed by atoms with E-state index in [0.29, 0.717) is 11.8 Å². The largest absolute Gasteiger partial charge is 0.338 e. The Balaban J connectivity index is 2.11. The maximum absolute atomic E-state index is 12.3. The summed E-state index contributed by atoms with van der Waals surface area (Å²) in [7, 11) is 0. The third kappa shape index (κ3) is 3.09. The average Bonchev–Trinajstić information content (AvgIpc) is 2.28. The monoisotopic (exact) mass is 295 g/mol. The molecule has 1 aromatic rings. The number of carbonyl (C=O) groups excluding carboxylic acids is 1. The Hall–Kier alpha value is -0.830. The predicted molar refractivity (Wildman–Crippen MR) is 73.0 cm³/mol. The van der Waals surface area contributed by atoms with Crippen LogP contribution in [-0.2, 0) is 0 Å². The molecule has 0 aromatic heterocycles. The van der Waals surface area contributed by atoms with E-state index in [9.17, 15) is 4.79 Å². The maximum Gasteiger partial charge on any atom is 0.253 e. The molecule has 1 heterocycles. The van der Waals surface area contributed by atoms with Gasteiger partial charge in [-0.05, 0) is 42.5 Å². The number of amides is 1. The van der Waals surface area contributed by atoms with Crippen LogP contribution in [0, 0.1) is 11.8 Å². The van der Waals surface area contributed by atoms with E-state index in [-0.39, 0.29) is 5.91 Å². The molecule has 3 heteroatoms. The number of halogens is 1. The Morgan fingerprint density at radius 2 is 1.71 bits per heavy atom. The normalized spacial score (nSPS) is 24.8. The van der Waals surface area contributed by atoms with Crippen LogP contribution in [0.4, 0.5) is 0 Å². The van der Waals surface area contributed by atoms with Crippen LogP contribution >= 0.6 is 15.9 Å². The maximum atomic E-state index is 12.3. The molecule has 1 aliphatic heterocycles. The van der Waals surface area contributed by atoms with E-state index in [0.717, 1.165) is 23.1 Å². The molecular formula is C14H18BrNO. The van der Waals surface area contributed by atoms with Crippen LogP contribution in [0.25, 0.3) is 0 Å². The molecule has 1 aromatic carbocycles. The molecule has 1 fully saturated rings. The second kappa shape index (κ2) is 5.21. The van der Waals surface area contributed by atoms with Crippen molar-refractivity contribution in [3.63, 3.8) is 0 Å². The van der Waals surface area contributed by atoms with Crippen molar-refractivity contribution in [3.05, 3.63) is 34.3 Å². The van der Waals surface area contributed by atoms with E-state index in [2.05, 4.69) is 29.8 Å². The lowest BCUT2D eigenvalue weighted by Gasteiger charge is -2.35. The fourth-order valence-electron chi connectivity index (χ4n) is 2.60. The summed E-state index contributed by atoms with van der Waals surface area (Å²) >= 11 is 3.38. The molecule has 0 saturated carbocycles. The van der Waals surface area contributed by atoms with E-state index in [1.54, 1.807) is 0 Å². The summed E-state index contributed by atoms with van der Waals surface area (Å²) in [5.41, 5.74) is 0.787. The highest BCUT2D eigenvalue weighted by Crippen LogP contribution is 2.22. The fraction of sp³-hybridized carbons (Fsp3) is 0.500. The van der Waals surface area contributed by atoms with Crippen molar-refractivity contribution in [2.75, 3.05) is 13.1 Å². The molecule has 0 bridgehead atoms. The number of hydrogen-bond donors (Lipinski definition) is 0. The highest BCUT2D eigenvalue weighted by molar-refractivity contribution is 9.10. The zero-order valence-electron chi connectivity index (χ0n) is 10.3. The highest BCUT2D eigenvalue weighted by Gasteiger charge is 2.25. The molecule has 0 spiro atoms. The van der Waals surface area contributed by atoms with Crippen molar-refractivity contribution in [3.8, 4) is 0 Å². The van der Waals surface area contributed by atoms with Gasteiger partial charge in [0.05, 0.1) is 0 Å². The van der Waals surface area contributed by atoms with Gasteiger partial charge in [0.25, 0.3) is 5.91 Å². The molecule has 1 aliphatic rings. The number of nitrogens with zero attached hydrogens (tertiary/aromatic N) is 1. The summed E-state index contributed by atoms with van der Waals surface area (Å²) in [6.45, 7) is 6.22. The van der Waals surface area contributed by atoms with Gasteiger partial charge in [0.15, 0.2) is 0 Å². The van der Waals surface area contributed by atoms with E-state index in [1.807, 2.05) is 29.2 Å². The molecule has 0 N–H and O–H groups in total. The van der Waals surface area contributed by atoms with E-state index >= 15 is 0 Å². The molecule has 0 radical (unpaired) electrons. The van der Waals surface area contributed by atoms with Crippen molar-refractivity contribution in [2.45, 2.75) is 20.3 Å². The number of rotatable bonds is 1. The molecule has 92 valence electrons. The molecule has 2 atom stereocenters. The van der Waals surface area contributed by atoms with Gasteiger partial charge >= 0.3 is 0 Å². The SMILES string of the molecule is C[C@@H]1C[C@H](C)CN(C(=O)c2ccc(Br)cc2)C1. The summed E-state index contributed by atoms with van der Waals surface area (Å²) in [5.74, 6) is 1.38. The van der Waals surface area contributed by atoms with Gasteiger partial charge in [0, 0.05) is 23.1 Å². The van der Waals surface area contributed by atoms with Gasteiger partial charge in [-0.3, -0.25) is 4.79 Å². The van der Waals surface area contributed by atoms with Gasteiger partial charge in [0.1, 0.15) is 0 Å².